The highest BCUT2D eigenvalue weighted by Crippen LogP contribution is 2.38. The Morgan fingerprint density at radius 2 is 1.94 bits per heavy atom. The SMILES string of the molecule is O=C(N/C(=C/c1ccco1)C(=O)N1CCCC(c2nncn2C2CC2)C1)c1ccccc1. The van der Waals surface area contributed by atoms with Crippen molar-refractivity contribution in [3.63, 3.8) is 0 Å². The summed E-state index contributed by atoms with van der Waals surface area (Å²) in [4.78, 5) is 28.1. The van der Waals surface area contributed by atoms with Crippen molar-refractivity contribution in [1.29, 1.82) is 0 Å². The van der Waals surface area contributed by atoms with Crippen molar-refractivity contribution < 1.29 is 14.0 Å². The van der Waals surface area contributed by atoms with Crippen LogP contribution in [0, 0.1) is 0 Å². The van der Waals surface area contributed by atoms with Gasteiger partial charge in [-0.25, -0.2) is 0 Å². The van der Waals surface area contributed by atoms with E-state index in [1.54, 1.807) is 53.7 Å². The van der Waals surface area contributed by atoms with Crippen molar-refractivity contribution in [2.24, 2.45) is 0 Å². The van der Waals surface area contributed by atoms with Crippen molar-refractivity contribution in [2.45, 2.75) is 37.6 Å². The van der Waals surface area contributed by atoms with Crippen molar-refractivity contribution in [1.82, 2.24) is 25.0 Å². The number of hydrogen-bond acceptors (Lipinski definition) is 5. The average molecular weight is 431 g/mol. The minimum Gasteiger partial charge on any atom is -0.465 e. The molecule has 164 valence electrons. The molecule has 3 aromatic rings. The zero-order chi connectivity index (χ0) is 21.9. The number of benzene rings is 1. The van der Waals surface area contributed by atoms with Crippen LogP contribution in [0.4, 0.5) is 0 Å². The number of aromatic nitrogens is 3. The summed E-state index contributed by atoms with van der Waals surface area (Å²) in [6.45, 7) is 1.17. The predicted molar refractivity (Wildman–Crippen MR) is 117 cm³/mol. The van der Waals surface area contributed by atoms with Crippen molar-refractivity contribution >= 4 is 17.9 Å². The standard InChI is InChI=1S/C24H25N5O3/c30-23(17-6-2-1-3-7-17)26-21(14-20-9-5-13-32-20)24(31)28-12-4-8-18(15-28)22-27-25-16-29(22)19-10-11-19/h1-3,5-7,9,13-14,16,18-19H,4,8,10-12,15H2,(H,26,30)/b21-14+. The van der Waals surface area contributed by atoms with E-state index in [1.807, 2.05) is 6.07 Å². The second-order valence-corrected chi connectivity index (χ2v) is 8.31. The number of hydrogen-bond donors (Lipinski definition) is 1. The van der Waals surface area contributed by atoms with Gasteiger partial charge in [0.25, 0.3) is 11.8 Å². The zero-order valence-corrected chi connectivity index (χ0v) is 17.7. The lowest BCUT2D eigenvalue weighted by Crippen LogP contribution is -2.43. The fourth-order valence-electron chi connectivity index (χ4n) is 4.17. The maximum absolute atomic E-state index is 13.5. The van der Waals surface area contributed by atoms with Gasteiger partial charge in [-0.15, -0.1) is 10.2 Å². The maximum Gasteiger partial charge on any atom is 0.270 e. The molecule has 32 heavy (non-hydrogen) atoms. The molecule has 1 aliphatic heterocycles. The van der Waals surface area contributed by atoms with Gasteiger partial charge in [0.2, 0.25) is 0 Å². The summed E-state index contributed by atoms with van der Waals surface area (Å²) in [7, 11) is 0. The van der Waals surface area contributed by atoms with E-state index < -0.39 is 0 Å². The molecule has 2 fully saturated rings. The number of carbonyl (C=O) groups excluding carboxylic acids is 2. The summed E-state index contributed by atoms with van der Waals surface area (Å²) in [6.07, 6.45) is 9.06. The third kappa shape index (κ3) is 4.34. The fraction of sp³-hybridized carbons (Fsp3) is 0.333. The minimum atomic E-state index is -0.334. The number of amides is 2. The first-order chi connectivity index (χ1) is 15.7. The molecule has 1 atom stereocenters. The number of nitrogens with zero attached hydrogens (tertiary/aromatic N) is 4. The van der Waals surface area contributed by atoms with Gasteiger partial charge in [0, 0.05) is 36.7 Å². The summed E-state index contributed by atoms with van der Waals surface area (Å²) in [5, 5.41) is 11.3. The number of carbonyl (C=O) groups is 2. The fourth-order valence-corrected chi connectivity index (χ4v) is 4.17. The Hall–Kier alpha value is -3.68. The summed E-state index contributed by atoms with van der Waals surface area (Å²) in [5.41, 5.74) is 0.679. The summed E-state index contributed by atoms with van der Waals surface area (Å²) in [6, 6.07) is 12.8. The van der Waals surface area contributed by atoms with Crippen molar-refractivity contribution in [3.8, 4) is 0 Å². The van der Waals surface area contributed by atoms with Crippen LogP contribution >= 0.6 is 0 Å². The van der Waals surface area contributed by atoms with Crippen LogP contribution in [0.2, 0.25) is 0 Å². The van der Waals surface area contributed by atoms with Crippen LogP contribution < -0.4 is 5.32 Å². The number of likely N-dealkylation sites (tertiary alicyclic amines) is 1. The lowest BCUT2D eigenvalue weighted by Gasteiger charge is -2.33. The zero-order valence-electron chi connectivity index (χ0n) is 17.7. The Labute approximate surface area is 185 Å². The smallest absolute Gasteiger partial charge is 0.270 e. The van der Waals surface area contributed by atoms with Crippen LogP contribution in [-0.4, -0.2) is 44.6 Å². The monoisotopic (exact) mass is 431 g/mol. The molecule has 2 aliphatic rings. The van der Waals surface area contributed by atoms with Crippen molar-refractivity contribution in [2.75, 3.05) is 13.1 Å². The highest BCUT2D eigenvalue weighted by molar-refractivity contribution is 6.05. The number of nitrogens with one attached hydrogen (secondary N) is 1. The Bertz CT molecular complexity index is 1120. The second kappa shape index (κ2) is 8.82. The van der Waals surface area contributed by atoms with Crippen LogP contribution in [0.1, 0.15) is 59.6 Å². The van der Waals surface area contributed by atoms with Gasteiger partial charge in [0.1, 0.15) is 23.6 Å². The molecule has 1 aliphatic carbocycles. The maximum atomic E-state index is 13.5. The first kappa shape index (κ1) is 20.2. The summed E-state index contributed by atoms with van der Waals surface area (Å²) < 4.78 is 7.56. The third-order valence-electron chi connectivity index (χ3n) is 5.96. The summed E-state index contributed by atoms with van der Waals surface area (Å²) >= 11 is 0. The normalized spacial score (nSPS) is 19.1. The molecule has 1 N–H and O–H groups in total. The first-order valence-corrected chi connectivity index (χ1v) is 11.0. The molecule has 5 rings (SSSR count). The molecule has 2 aromatic heterocycles. The van der Waals surface area contributed by atoms with Gasteiger partial charge < -0.3 is 19.2 Å². The van der Waals surface area contributed by atoms with E-state index in [9.17, 15) is 9.59 Å². The van der Waals surface area contributed by atoms with Crippen LogP contribution in [0.15, 0.2) is 65.2 Å². The van der Waals surface area contributed by atoms with Crippen molar-refractivity contribution in [3.05, 3.63) is 77.9 Å². The lowest BCUT2D eigenvalue weighted by molar-refractivity contribution is -0.128. The van der Waals surface area contributed by atoms with E-state index in [2.05, 4.69) is 20.1 Å². The highest BCUT2D eigenvalue weighted by Gasteiger charge is 2.33. The molecule has 1 saturated carbocycles. The number of rotatable bonds is 6. The van der Waals surface area contributed by atoms with Crippen LogP contribution in [-0.2, 0) is 4.79 Å². The Morgan fingerprint density at radius 3 is 2.69 bits per heavy atom. The first-order valence-electron chi connectivity index (χ1n) is 11.0. The van der Waals surface area contributed by atoms with Gasteiger partial charge in [0.15, 0.2) is 0 Å². The molecule has 3 heterocycles. The molecule has 1 unspecified atom stereocenters. The molecule has 1 saturated heterocycles. The van der Waals surface area contributed by atoms with E-state index in [-0.39, 0.29) is 23.4 Å². The van der Waals surface area contributed by atoms with E-state index >= 15 is 0 Å². The van der Waals surface area contributed by atoms with Crippen LogP contribution in [0.5, 0.6) is 0 Å². The quantitative estimate of drug-likeness (QED) is 0.604. The largest absolute Gasteiger partial charge is 0.465 e. The number of furan rings is 1. The molecule has 0 spiro atoms. The average Bonchev–Trinajstić information content (AvgIpc) is 3.32. The Balaban J connectivity index is 1.36. The van der Waals surface area contributed by atoms with E-state index in [4.69, 9.17) is 4.42 Å². The second-order valence-electron chi connectivity index (χ2n) is 8.31. The minimum absolute atomic E-state index is 0.130. The van der Waals surface area contributed by atoms with Gasteiger partial charge in [-0.05, 0) is 49.9 Å². The lowest BCUT2D eigenvalue weighted by atomic mass is 9.96. The molecule has 2 amide bonds. The molecule has 8 nitrogen and oxygen atoms in total. The van der Waals surface area contributed by atoms with Gasteiger partial charge in [0.05, 0.1) is 6.26 Å². The molecule has 1 aromatic carbocycles. The van der Waals surface area contributed by atoms with E-state index in [0.29, 0.717) is 30.5 Å². The Morgan fingerprint density at radius 1 is 1.09 bits per heavy atom. The predicted octanol–water partition coefficient (Wildman–Crippen LogP) is 3.38. The topological polar surface area (TPSA) is 93.3 Å². The van der Waals surface area contributed by atoms with Crippen LogP contribution in [0.3, 0.4) is 0 Å². The van der Waals surface area contributed by atoms with Gasteiger partial charge in [-0.1, -0.05) is 18.2 Å². The van der Waals surface area contributed by atoms with Gasteiger partial charge >= 0.3 is 0 Å². The van der Waals surface area contributed by atoms with Gasteiger partial charge in [-0.3, -0.25) is 9.59 Å². The van der Waals surface area contributed by atoms with E-state index in [0.717, 1.165) is 31.5 Å². The Kier molecular flexibility index (Phi) is 5.58. The van der Waals surface area contributed by atoms with Gasteiger partial charge in [-0.2, -0.15) is 0 Å². The molecule has 0 bridgehead atoms. The number of piperidine rings is 1. The highest BCUT2D eigenvalue weighted by atomic mass is 16.3. The van der Waals surface area contributed by atoms with Crippen LogP contribution in [0.25, 0.3) is 6.08 Å². The van der Waals surface area contributed by atoms with E-state index in [1.165, 1.54) is 6.26 Å². The summed E-state index contributed by atoms with van der Waals surface area (Å²) in [5.74, 6) is 1.02. The third-order valence-corrected chi connectivity index (χ3v) is 5.96. The molecular formula is C24H25N5O3. The molecule has 0 radical (unpaired) electrons. The molecular weight excluding hydrogens is 406 g/mol. The molecule has 8 heteroatoms.